The van der Waals surface area contributed by atoms with Gasteiger partial charge < -0.3 is 4.42 Å². The van der Waals surface area contributed by atoms with Gasteiger partial charge in [-0.1, -0.05) is 49.9 Å². The van der Waals surface area contributed by atoms with Gasteiger partial charge in [-0.2, -0.15) is 0 Å². The highest BCUT2D eigenvalue weighted by atomic mass is 32.2. The van der Waals surface area contributed by atoms with Crippen LogP contribution < -0.4 is 0 Å². The van der Waals surface area contributed by atoms with Crippen molar-refractivity contribution in [1.82, 2.24) is 9.88 Å². The maximum atomic E-state index is 12.6. The van der Waals surface area contributed by atoms with E-state index in [1.54, 1.807) is 0 Å². The quantitative estimate of drug-likeness (QED) is 0.351. The van der Waals surface area contributed by atoms with E-state index in [9.17, 15) is 9.00 Å². The van der Waals surface area contributed by atoms with Gasteiger partial charge in [0, 0.05) is 29.3 Å². The van der Waals surface area contributed by atoms with Gasteiger partial charge in [0.25, 0.3) is 0 Å². The van der Waals surface area contributed by atoms with E-state index in [4.69, 9.17) is 4.42 Å². The van der Waals surface area contributed by atoms with E-state index in [1.165, 1.54) is 37.1 Å². The van der Waals surface area contributed by atoms with Crippen LogP contribution in [0.3, 0.4) is 0 Å². The summed E-state index contributed by atoms with van der Waals surface area (Å²) >= 11 is 0. The average molecular weight is 481 g/mol. The molecule has 0 N–H and O–H groups in total. The molecule has 1 unspecified atom stereocenters. The molecular weight excluding hydrogens is 444 g/mol. The average Bonchev–Trinajstić information content (AvgIpc) is 3.45. The first-order chi connectivity index (χ1) is 16.1. The van der Waals surface area contributed by atoms with Gasteiger partial charge in [-0.25, -0.2) is 4.98 Å². The first kappa shape index (κ1) is 26.0. The fourth-order valence-corrected chi connectivity index (χ4v) is 5.41. The molecule has 0 aliphatic carbocycles. The molecular formula is C28H36N2O3S. The summed E-state index contributed by atoms with van der Waals surface area (Å²) in [7, 11) is -1.29. The van der Waals surface area contributed by atoms with Gasteiger partial charge in [-0.05, 0) is 69.0 Å². The van der Waals surface area contributed by atoms with Crippen molar-refractivity contribution in [3.63, 3.8) is 0 Å². The third kappa shape index (κ3) is 7.47. The first-order valence-electron chi connectivity index (χ1n) is 11.8. The topological polar surface area (TPSA) is 63.4 Å². The normalized spacial score (nSPS) is 14.6. The molecule has 34 heavy (non-hydrogen) atoms. The van der Waals surface area contributed by atoms with Crippen LogP contribution in [-0.2, 0) is 34.3 Å². The minimum Gasteiger partial charge on any atom is -0.441 e. The predicted octanol–water partition coefficient (Wildman–Crippen LogP) is 5.72. The van der Waals surface area contributed by atoms with Crippen molar-refractivity contribution in [2.75, 3.05) is 18.8 Å². The molecule has 0 saturated carbocycles. The smallest absolute Gasteiger partial charge is 0.226 e. The minimum absolute atomic E-state index is 0. The van der Waals surface area contributed by atoms with Crippen LogP contribution in [0, 0.1) is 6.92 Å². The van der Waals surface area contributed by atoms with Crippen LogP contribution >= 0.6 is 0 Å². The summed E-state index contributed by atoms with van der Waals surface area (Å²) in [6, 6.07) is 18.4. The SMILES string of the molecule is C.Cc1oc(-c2ccc(CN3CCCC3)cc2)nc1CS(=O)CC(=O)CCCc1ccccc1. The maximum absolute atomic E-state index is 12.6. The van der Waals surface area contributed by atoms with E-state index >= 15 is 0 Å². The van der Waals surface area contributed by atoms with E-state index in [0.29, 0.717) is 23.8 Å². The largest absolute Gasteiger partial charge is 0.441 e. The molecule has 2 heterocycles. The minimum atomic E-state index is -1.29. The molecule has 6 heteroatoms. The van der Waals surface area contributed by atoms with Gasteiger partial charge >= 0.3 is 0 Å². The number of oxazole rings is 1. The molecule has 1 aromatic heterocycles. The fraction of sp³-hybridized carbons (Fsp3) is 0.429. The summed E-state index contributed by atoms with van der Waals surface area (Å²) in [6.07, 6.45) is 4.67. The lowest BCUT2D eigenvalue weighted by Gasteiger charge is -2.14. The van der Waals surface area contributed by atoms with Crippen LogP contribution in [0.2, 0.25) is 0 Å². The highest BCUT2D eigenvalue weighted by Crippen LogP contribution is 2.24. The number of hydrogen-bond acceptors (Lipinski definition) is 5. The van der Waals surface area contributed by atoms with Crippen LogP contribution in [-0.4, -0.2) is 38.7 Å². The molecule has 0 amide bonds. The molecule has 1 aliphatic rings. The summed E-state index contributed by atoms with van der Waals surface area (Å²) in [5, 5.41) is 0. The second-order valence-corrected chi connectivity index (χ2v) is 10.3. The second-order valence-electron chi connectivity index (χ2n) is 8.81. The Kier molecular flexibility index (Phi) is 9.78. The van der Waals surface area contributed by atoms with Gasteiger partial charge in [-0.15, -0.1) is 0 Å². The Morgan fingerprint density at radius 2 is 1.74 bits per heavy atom. The lowest BCUT2D eigenvalue weighted by atomic mass is 10.1. The van der Waals surface area contributed by atoms with Gasteiger partial charge in [0.1, 0.15) is 11.5 Å². The van der Waals surface area contributed by atoms with E-state index < -0.39 is 10.8 Å². The fourth-order valence-electron chi connectivity index (χ4n) is 4.23. The van der Waals surface area contributed by atoms with Gasteiger partial charge in [0.2, 0.25) is 5.89 Å². The number of carbonyl (C=O) groups is 1. The van der Waals surface area contributed by atoms with Crippen LogP contribution in [0.1, 0.15) is 55.7 Å². The van der Waals surface area contributed by atoms with Gasteiger partial charge in [0.15, 0.2) is 0 Å². The number of nitrogens with zero attached hydrogens (tertiary/aromatic N) is 2. The monoisotopic (exact) mass is 480 g/mol. The predicted molar refractivity (Wildman–Crippen MR) is 139 cm³/mol. The number of hydrogen-bond donors (Lipinski definition) is 0. The Labute approximate surface area is 206 Å². The Bertz CT molecular complexity index is 1070. The van der Waals surface area contributed by atoms with Crippen LogP contribution in [0.25, 0.3) is 11.5 Å². The molecule has 1 saturated heterocycles. The number of benzene rings is 2. The number of ketones is 1. The Morgan fingerprint density at radius 1 is 1.03 bits per heavy atom. The number of aryl methyl sites for hydroxylation is 2. The molecule has 1 aliphatic heterocycles. The van der Waals surface area contributed by atoms with Crippen molar-refractivity contribution in [2.24, 2.45) is 0 Å². The van der Waals surface area contributed by atoms with Crippen molar-refractivity contribution in [2.45, 2.75) is 58.8 Å². The van der Waals surface area contributed by atoms with E-state index in [0.717, 1.165) is 24.9 Å². The molecule has 182 valence electrons. The Hall–Kier alpha value is -2.57. The summed E-state index contributed by atoms with van der Waals surface area (Å²) in [5.41, 5.74) is 4.09. The zero-order valence-electron chi connectivity index (χ0n) is 19.3. The van der Waals surface area contributed by atoms with Crippen molar-refractivity contribution < 1.29 is 13.4 Å². The third-order valence-corrected chi connectivity index (χ3v) is 7.32. The summed E-state index contributed by atoms with van der Waals surface area (Å²) < 4.78 is 18.4. The van der Waals surface area contributed by atoms with Crippen LogP contribution in [0.15, 0.2) is 59.0 Å². The Balaban J connectivity index is 0.00000324. The van der Waals surface area contributed by atoms with Crippen LogP contribution in [0.4, 0.5) is 0 Å². The number of carbonyl (C=O) groups excluding carboxylic acids is 1. The molecule has 2 aromatic carbocycles. The number of Topliss-reactive ketones (excluding diaryl/α,β-unsaturated/α-hetero) is 1. The van der Waals surface area contributed by atoms with Gasteiger partial charge in [-0.3, -0.25) is 13.9 Å². The number of rotatable bonds is 11. The van der Waals surface area contributed by atoms with E-state index in [2.05, 4.69) is 34.1 Å². The molecule has 1 fully saturated rings. The van der Waals surface area contributed by atoms with E-state index in [-0.39, 0.29) is 24.7 Å². The molecule has 5 nitrogen and oxygen atoms in total. The Morgan fingerprint density at radius 3 is 2.44 bits per heavy atom. The number of aromatic nitrogens is 1. The van der Waals surface area contributed by atoms with Gasteiger partial charge in [0.05, 0.1) is 17.2 Å². The summed E-state index contributed by atoms with van der Waals surface area (Å²) in [4.78, 5) is 19.3. The highest BCUT2D eigenvalue weighted by Gasteiger charge is 2.17. The van der Waals surface area contributed by atoms with Crippen LogP contribution in [0.5, 0.6) is 0 Å². The molecule has 3 aromatic rings. The van der Waals surface area contributed by atoms with Crippen molar-refractivity contribution >= 4 is 16.6 Å². The second kappa shape index (κ2) is 12.8. The molecule has 4 rings (SSSR count). The third-order valence-electron chi connectivity index (χ3n) is 6.08. The van der Waals surface area contributed by atoms with Crippen molar-refractivity contribution in [3.8, 4) is 11.5 Å². The summed E-state index contributed by atoms with van der Waals surface area (Å²) in [5.74, 6) is 1.56. The van der Waals surface area contributed by atoms with Crippen molar-refractivity contribution in [3.05, 3.63) is 77.2 Å². The molecule has 1 atom stereocenters. The molecule has 0 radical (unpaired) electrons. The molecule has 0 spiro atoms. The maximum Gasteiger partial charge on any atom is 0.226 e. The standard InChI is InChI=1S/C27H32N2O3S.CH4/c1-21-26(20-33(31)19-25(30)11-7-10-22-8-3-2-4-9-22)28-27(32-21)24-14-12-23(13-15-24)18-29-16-5-6-17-29;/h2-4,8-9,12-15H,5-7,10-11,16-20H2,1H3;1H4. The lowest BCUT2D eigenvalue weighted by molar-refractivity contribution is -0.116. The van der Waals surface area contributed by atoms with E-state index in [1.807, 2.05) is 37.3 Å². The zero-order chi connectivity index (χ0) is 23.0. The first-order valence-corrected chi connectivity index (χ1v) is 13.2. The summed E-state index contributed by atoms with van der Waals surface area (Å²) in [6.45, 7) is 5.17. The number of likely N-dealkylation sites (tertiary alicyclic amines) is 1. The molecule has 0 bridgehead atoms. The zero-order valence-corrected chi connectivity index (χ0v) is 20.1. The van der Waals surface area contributed by atoms with Crippen molar-refractivity contribution in [1.29, 1.82) is 0 Å². The highest BCUT2D eigenvalue weighted by molar-refractivity contribution is 7.84. The lowest BCUT2D eigenvalue weighted by Crippen LogP contribution is -2.18.